The van der Waals surface area contributed by atoms with Gasteiger partial charge in [-0.2, -0.15) is 5.10 Å². The molecule has 0 spiro atoms. The van der Waals surface area contributed by atoms with Crippen LogP contribution in [0.5, 0.6) is 0 Å². The lowest BCUT2D eigenvalue weighted by atomic mass is 9.80. The third kappa shape index (κ3) is 4.70. The lowest BCUT2D eigenvalue weighted by Gasteiger charge is -2.34. The average molecular weight is 486 g/mol. The number of pyridine rings is 1. The van der Waals surface area contributed by atoms with Gasteiger partial charge in [0.1, 0.15) is 5.82 Å². The summed E-state index contributed by atoms with van der Waals surface area (Å²) in [5.74, 6) is 0.0959. The summed E-state index contributed by atoms with van der Waals surface area (Å²) in [6.07, 6.45) is 8.19. The molecule has 0 aromatic carbocycles. The van der Waals surface area contributed by atoms with Gasteiger partial charge in [0, 0.05) is 47.4 Å². The van der Waals surface area contributed by atoms with Crippen molar-refractivity contribution < 1.29 is 14.7 Å². The molecule has 2 aromatic heterocycles. The predicted molar refractivity (Wildman–Crippen MR) is 129 cm³/mol. The van der Waals surface area contributed by atoms with E-state index in [9.17, 15) is 14.7 Å². The van der Waals surface area contributed by atoms with Gasteiger partial charge >= 0.3 is 0 Å². The van der Waals surface area contributed by atoms with Crippen LogP contribution in [0.3, 0.4) is 0 Å². The molecule has 3 heterocycles. The highest BCUT2D eigenvalue weighted by Gasteiger charge is 2.36. The standard InChI is InChI=1S/C25H32ClN5O3/c1-25(2)10-21-19(11-28-31(21)13-25)18-9-22(27-12-20(18)26)30-23(33)14-4-3-5-16(6-14)29-24(34)15-7-17(32)8-15/h9,11-12,14-17,32H,3-8,10,13H2,1-2H3,(H,29,34)(H,27,30,33). The van der Waals surface area contributed by atoms with Crippen LogP contribution in [0.2, 0.25) is 5.02 Å². The maximum absolute atomic E-state index is 13.1. The SMILES string of the molecule is CC1(C)Cc2c(-c3cc(NC(=O)C4CCCC(NC(=O)C5CC(O)C5)C4)ncc3Cl)cnn2C1. The van der Waals surface area contributed by atoms with Crippen molar-refractivity contribution >= 4 is 29.2 Å². The quantitative estimate of drug-likeness (QED) is 0.599. The molecule has 8 nitrogen and oxygen atoms in total. The van der Waals surface area contributed by atoms with E-state index in [0.717, 1.165) is 49.0 Å². The molecule has 2 aromatic rings. The third-order valence-electron chi connectivity index (χ3n) is 7.44. The molecule has 2 amide bonds. The summed E-state index contributed by atoms with van der Waals surface area (Å²) in [6, 6.07) is 1.81. The van der Waals surface area contributed by atoms with E-state index in [0.29, 0.717) is 30.1 Å². The molecule has 34 heavy (non-hydrogen) atoms. The number of carbonyl (C=O) groups is 2. The van der Waals surface area contributed by atoms with Crippen LogP contribution in [0.15, 0.2) is 18.5 Å². The Bertz CT molecular complexity index is 1110. The minimum Gasteiger partial charge on any atom is -0.393 e. The first kappa shape index (κ1) is 23.3. The van der Waals surface area contributed by atoms with Gasteiger partial charge in [-0.15, -0.1) is 0 Å². The number of hydrogen-bond acceptors (Lipinski definition) is 5. The Kier molecular flexibility index (Phi) is 6.14. The molecule has 0 saturated heterocycles. The Balaban J connectivity index is 1.24. The van der Waals surface area contributed by atoms with Crippen molar-refractivity contribution in [3.05, 3.63) is 29.2 Å². The second-order valence-corrected chi connectivity index (χ2v) is 11.3. The number of anilines is 1. The number of hydrogen-bond donors (Lipinski definition) is 3. The Labute approximate surface area is 204 Å². The summed E-state index contributed by atoms with van der Waals surface area (Å²) in [7, 11) is 0. The molecular formula is C25H32ClN5O3. The average Bonchev–Trinajstić information content (AvgIpc) is 3.28. The minimum atomic E-state index is -0.354. The van der Waals surface area contributed by atoms with Crippen molar-refractivity contribution in [1.29, 1.82) is 0 Å². The normalized spacial score (nSPS) is 27.5. The zero-order valence-corrected chi connectivity index (χ0v) is 20.4. The summed E-state index contributed by atoms with van der Waals surface area (Å²) >= 11 is 6.50. The van der Waals surface area contributed by atoms with Gasteiger partial charge < -0.3 is 15.7 Å². The van der Waals surface area contributed by atoms with Crippen LogP contribution in [0.1, 0.15) is 58.1 Å². The molecule has 0 bridgehead atoms. The second kappa shape index (κ2) is 8.96. The van der Waals surface area contributed by atoms with Crippen molar-refractivity contribution in [1.82, 2.24) is 20.1 Å². The number of aliphatic hydroxyl groups excluding tert-OH is 1. The third-order valence-corrected chi connectivity index (χ3v) is 7.75. The number of fused-ring (bicyclic) bond motifs is 1. The first-order chi connectivity index (χ1) is 16.2. The number of nitrogens with one attached hydrogen (secondary N) is 2. The number of rotatable bonds is 5. The molecule has 5 rings (SSSR count). The van der Waals surface area contributed by atoms with E-state index >= 15 is 0 Å². The zero-order valence-electron chi connectivity index (χ0n) is 19.7. The number of nitrogens with zero attached hydrogens (tertiary/aromatic N) is 3. The molecular weight excluding hydrogens is 454 g/mol. The largest absolute Gasteiger partial charge is 0.393 e. The van der Waals surface area contributed by atoms with E-state index in [1.807, 2.05) is 16.9 Å². The molecule has 2 fully saturated rings. The first-order valence-corrected chi connectivity index (χ1v) is 12.6. The van der Waals surface area contributed by atoms with Crippen molar-refractivity contribution in [2.45, 2.75) is 77.5 Å². The van der Waals surface area contributed by atoms with Gasteiger partial charge in [-0.3, -0.25) is 14.3 Å². The number of amides is 2. The number of aromatic nitrogens is 3. The van der Waals surface area contributed by atoms with Crippen LogP contribution in [-0.4, -0.2) is 43.8 Å². The van der Waals surface area contributed by atoms with Gasteiger partial charge in [-0.05, 0) is 50.0 Å². The van der Waals surface area contributed by atoms with Crippen LogP contribution in [0, 0.1) is 17.3 Å². The van der Waals surface area contributed by atoms with Crippen LogP contribution in [0.4, 0.5) is 5.82 Å². The van der Waals surface area contributed by atoms with E-state index in [1.54, 1.807) is 6.20 Å². The molecule has 182 valence electrons. The smallest absolute Gasteiger partial charge is 0.228 e. The monoisotopic (exact) mass is 485 g/mol. The van der Waals surface area contributed by atoms with Gasteiger partial charge in [0.05, 0.1) is 17.3 Å². The highest BCUT2D eigenvalue weighted by Crippen LogP contribution is 2.39. The fourth-order valence-corrected chi connectivity index (χ4v) is 5.70. The number of carbonyl (C=O) groups excluding carboxylic acids is 2. The fourth-order valence-electron chi connectivity index (χ4n) is 5.49. The molecule has 1 aliphatic heterocycles. The van der Waals surface area contributed by atoms with Gasteiger partial charge in [0.2, 0.25) is 11.8 Å². The number of halogens is 1. The van der Waals surface area contributed by atoms with E-state index in [2.05, 4.69) is 34.6 Å². The molecule has 2 atom stereocenters. The number of aliphatic hydroxyl groups is 1. The first-order valence-electron chi connectivity index (χ1n) is 12.2. The molecule has 3 N–H and O–H groups in total. The Hall–Kier alpha value is -2.45. The lowest BCUT2D eigenvalue weighted by Crippen LogP contribution is -2.47. The van der Waals surface area contributed by atoms with Crippen molar-refractivity contribution in [3.8, 4) is 11.1 Å². The highest BCUT2D eigenvalue weighted by atomic mass is 35.5. The summed E-state index contributed by atoms with van der Waals surface area (Å²) < 4.78 is 2.03. The molecule has 0 radical (unpaired) electrons. The topological polar surface area (TPSA) is 109 Å². The Morgan fingerprint density at radius 3 is 2.68 bits per heavy atom. The van der Waals surface area contributed by atoms with Crippen LogP contribution < -0.4 is 10.6 Å². The lowest BCUT2D eigenvalue weighted by molar-refractivity contribution is -0.133. The van der Waals surface area contributed by atoms with Crippen LogP contribution in [-0.2, 0) is 22.6 Å². The van der Waals surface area contributed by atoms with Gasteiger partial charge in [-0.1, -0.05) is 31.9 Å². The maximum Gasteiger partial charge on any atom is 0.228 e. The summed E-state index contributed by atoms with van der Waals surface area (Å²) in [4.78, 5) is 29.7. The fraction of sp³-hybridized carbons (Fsp3) is 0.600. The highest BCUT2D eigenvalue weighted by molar-refractivity contribution is 6.33. The predicted octanol–water partition coefficient (Wildman–Crippen LogP) is 3.57. The molecule has 2 saturated carbocycles. The molecule has 3 aliphatic rings. The van der Waals surface area contributed by atoms with Crippen LogP contribution >= 0.6 is 11.6 Å². The summed E-state index contributed by atoms with van der Waals surface area (Å²) in [6.45, 7) is 5.32. The summed E-state index contributed by atoms with van der Waals surface area (Å²) in [5.41, 5.74) is 3.11. The van der Waals surface area contributed by atoms with Gasteiger partial charge in [-0.25, -0.2) is 4.98 Å². The summed E-state index contributed by atoms with van der Waals surface area (Å²) in [5, 5.41) is 20.6. The van der Waals surface area contributed by atoms with Crippen molar-refractivity contribution in [2.24, 2.45) is 17.3 Å². The molecule has 2 aliphatic carbocycles. The van der Waals surface area contributed by atoms with E-state index < -0.39 is 0 Å². The van der Waals surface area contributed by atoms with Crippen molar-refractivity contribution in [2.75, 3.05) is 5.32 Å². The maximum atomic E-state index is 13.1. The molecule has 2 unspecified atom stereocenters. The van der Waals surface area contributed by atoms with E-state index in [-0.39, 0.29) is 41.2 Å². The minimum absolute atomic E-state index is 0.00254. The van der Waals surface area contributed by atoms with Gasteiger partial charge in [0.25, 0.3) is 0 Å². The second-order valence-electron chi connectivity index (χ2n) is 10.9. The van der Waals surface area contributed by atoms with Crippen molar-refractivity contribution in [3.63, 3.8) is 0 Å². The Morgan fingerprint density at radius 1 is 1.12 bits per heavy atom. The van der Waals surface area contributed by atoms with Gasteiger partial charge in [0.15, 0.2) is 0 Å². The zero-order chi connectivity index (χ0) is 24.0. The van der Waals surface area contributed by atoms with E-state index in [4.69, 9.17) is 11.6 Å². The Morgan fingerprint density at radius 2 is 1.91 bits per heavy atom. The van der Waals surface area contributed by atoms with E-state index in [1.165, 1.54) is 0 Å². The van der Waals surface area contributed by atoms with Crippen LogP contribution in [0.25, 0.3) is 11.1 Å². The molecule has 9 heteroatoms.